The van der Waals surface area contributed by atoms with Crippen molar-refractivity contribution in [2.45, 2.75) is 107 Å². The number of para-hydroxylation sites is 1. The molecule has 0 radical (unpaired) electrons. The van der Waals surface area contributed by atoms with E-state index >= 15 is 0 Å². The van der Waals surface area contributed by atoms with Gasteiger partial charge in [-0.15, -0.1) is 22.7 Å². The van der Waals surface area contributed by atoms with E-state index in [9.17, 15) is 0 Å². The quantitative estimate of drug-likeness (QED) is 0.0502. The van der Waals surface area contributed by atoms with Crippen LogP contribution in [-0.4, -0.2) is 27.4 Å². The first kappa shape index (κ1) is 80.0. The minimum absolute atomic E-state index is 0.398. The fourth-order valence-corrected chi connectivity index (χ4v) is 13.8. The van der Waals surface area contributed by atoms with Crippen LogP contribution >= 0.6 is 22.7 Å². The van der Waals surface area contributed by atoms with E-state index in [2.05, 4.69) is 269 Å². The highest BCUT2D eigenvalue weighted by Gasteiger charge is 2.22. The summed E-state index contributed by atoms with van der Waals surface area (Å²) in [5.74, 6) is 5.00. The van der Waals surface area contributed by atoms with Crippen molar-refractivity contribution in [3.8, 4) is 0 Å². The van der Waals surface area contributed by atoms with Crippen LogP contribution in [0.1, 0.15) is 136 Å². The molecule has 99 heavy (non-hydrogen) atoms. The standard InChI is InChI=1S/C26H24N2S.C23H18S.C14H15N.C8H10.2C7H8.3C2H6.CH6N2/c1-27-16-18-14-13-17(15-23(18)20-7-3-4-11-24(20)28-2)19-8-5-10-22-21-9-6-12-25(21)29-26(19)22;1-16-9-4-3-5-10-18(15-17(16)2)19-12-8-13-21-20-11-6-7-14-22(20)24-23(19)21;1-11(12-6-3-2-4-7-12)13-8-5-9-14(15)10-13;1-2-8-6-4-3-5-7-8;2*1-7-5-3-2-4-6-7;3*1-2;1-3-2/h3-8,10-12,15,28H,1,9,13-14,16H2,2H3;3-9,11-15H,1-2,10H2;2-11H,15H2,1H3;3-7H,2H2,1H3;2*2-6H,1H3;3*1-2H3;3H,2H2,1H3/b;5-3-,9-4-,18-15+;;;;;;;;. The number of nitrogens with one attached hydrogen (secondary N) is 2. The number of hydrazine groups is 1. The normalized spacial score (nSPS) is 13.7. The maximum absolute atomic E-state index is 5.77. The lowest BCUT2D eigenvalue weighted by atomic mass is 9.85. The summed E-state index contributed by atoms with van der Waals surface area (Å²) in [5.41, 5.74) is 29.4. The number of hydrogen-bond donors (Lipinski definition) is 4. The molecule has 14 rings (SSSR count). The molecule has 0 fully saturated rings. The Morgan fingerprint density at radius 1 is 0.515 bits per heavy atom. The smallest absolute Gasteiger partial charge is 0.0601 e. The fourth-order valence-electron chi connectivity index (χ4n) is 11.2. The number of nitrogen functional groups attached to an aromatic ring is 1. The van der Waals surface area contributed by atoms with E-state index in [1.807, 2.05) is 150 Å². The summed E-state index contributed by atoms with van der Waals surface area (Å²) >= 11 is 3.81. The van der Waals surface area contributed by atoms with Crippen LogP contribution in [0.25, 0.3) is 53.1 Å². The Bertz CT molecular complexity index is 4370. The van der Waals surface area contributed by atoms with Crippen molar-refractivity contribution >= 4 is 93.8 Å². The molecular weight excluding hydrogens is 1240 g/mol. The summed E-state index contributed by atoms with van der Waals surface area (Å²) in [6.45, 7) is 33.3. The van der Waals surface area contributed by atoms with E-state index in [1.165, 1.54) is 107 Å². The Balaban J connectivity index is 0.000000226. The predicted octanol–water partition coefficient (Wildman–Crippen LogP) is 25.7. The van der Waals surface area contributed by atoms with E-state index in [-0.39, 0.29) is 0 Å². The number of hydrogen-bond acceptors (Lipinski definition) is 7. The van der Waals surface area contributed by atoms with Gasteiger partial charge in [0, 0.05) is 59.7 Å². The third-order valence-corrected chi connectivity index (χ3v) is 18.7. The monoisotopic (exact) mass is 1350 g/mol. The summed E-state index contributed by atoms with van der Waals surface area (Å²) in [5, 5.41) is 7.44. The van der Waals surface area contributed by atoms with E-state index in [1.54, 1.807) is 7.05 Å². The average Bonchev–Trinajstić information content (AvgIpc) is 1.65. The van der Waals surface area contributed by atoms with Gasteiger partial charge in [-0.2, -0.15) is 0 Å². The first-order valence-electron chi connectivity index (χ1n) is 35.0. The zero-order chi connectivity index (χ0) is 71.7. The van der Waals surface area contributed by atoms with Crippen LogP contribution in [0.3, 0.4) is 0 Å². The number of fused-ring (bicyclic) bond motifs is 6. The van der Waals surface area contributed by atoms with Gasteiger partial charge in [-0.05, 0) is 162 Å². The molecule has 3 aliphatic rings. The molecule has 0 saturated heterocycles. The number of aryl methyl sites for hydroxylation is 3. The summed E-state index contributed by atoms with van der Waals surface area (Å²) in [6.07, 6.45) is 22.6. The van der Waals surface area contributed by atoms with Gasteiger partial charge >= 0.3 is 0 Å². The molecule has 0 bridgehead atoms. The van der Waals surface area contributed by atoms with Crippen LogP contribution in [0.2, 0.25) is 0 Å². The minimum Gasteiger partial charge on any atom is -0.399 e. The number of rotatable bonds is 9. The van der Waals surface area contributed by atoms with Gasteiger partial charge in [-0.25, -0.2) is 0 Å². The molecule has 1 unspecified atom stereocenters. The molecule has 0 amide bonds. The topological polar surface area (TPSA) is 88.5 Å². The van der Waals surface area contributed by atoms with Crippen LogP contribution in [0.5, 0.6) is 0 Å². The average molecular weight is 1350 g/mol. The number of aliphatic imine (C=N–C) groups is 1. The molecule has 1 atom stereocenters. The highest BCUT2D eigenvalue weighted by atomic mass is 32.1. The lowest BCUT2D eigenvalue weighted by molar-refractivity contribution is 0.900. The zero-order valence-electron chi connectivity index (χ0n) is 60.9. The minimum atomic E-state index is 0.398. The fraction of sp³-hybridized carbons (Fsp3) is 0.207. The maximum atomic E-state index is 5.77. The number of benzene rings is 9. The zero-order valence-corrected chi connectivity index (χ0v) is 62.6. The van der Waals surface area contributed by atoms with Crippen molar-refractivity contribution in [2.24, 2.45) is 10.8 Å². The summed E-state index contributed by atoms with van der Waals surface area (Å²) in [7, 11) is 3.64. The molecule has 0 spiro atoms. The lowest BCUT2D eigenvalue weighted by Crippen LogP contribution is -2.13. The summed E-state index contributed by atoms with van der Waals surface area (Å²) < 4.78 is 4.12. The van der Waals surface area contributed by atoms with Crippen molar-refractivity contribution in [2.75, 3.05) is 31.7 Å². The molecule has 0 saturated carbocycles. The van der Waals surface area contributed by atoms with Crippen molar-refractivity contribution in [3.05, 3.63) is 358 Å². The largest absolute Gasteiger partial charge is 0.399 e. The molecule has 0 aliphatic heterocycles. The third kappa shape index (κ3) is 24.3. The predicted molar refractivity (Wildman–Crippen MR) is 448 cm³/mol. The molecule has 512 valence electrons. The molecule has 2 aromatic heterocycles. The Kier molecular flexibility index (Phi) is 36.3. The molecule has 9 aromatic carbocycles. The number of allylic oxidation sites excluding steroid dienone is 12. The number of nitrogens with two attached hydrogens (primary N) is 2. The van der Waals surface area contributed by atoms with Gasteiger partial charge in [0.15, 0.2) is 0 Å². The number of anilines is 2. The van der Waals surface area contributed by atoms with Gasteiger partial charge in [-0.3, -0.25) is 16.3 Å². The highest BCUT2D eigenvalue weighted by Crippen LogP contribution is 2.45. The Morgan fingerprint density at radius 3 is 1.63 bits per heavy atom. The molecule has 5 nitrogen and oxygen atoms in total. The van der Waals surface area contributed by atoms with Gasteiger partial charge in [0.1, 0.15) is 0 Å². The Morgan fingerprint density at radius 2 is 1.04 bits per heavy atom. The van der Waals surface area contributed by atoms with Gasteiger partial charge in [0.05, 0.1) is 6.54 Å². The lowest BCUT2D eigenvalue weighted by Gasteiger charge is -2.22. The summed E-state index contributed by atoms with van der Waals surface area (Å²) in [4.78, 5) is 5.64. The van der Waals surface area contributed by atoms with Crippen molar-refractivity contribution in [1.29, 1.82) is 0 Å². The first-order chi connectivity index (χ1) is 48.4. The van der Waals surface area contributed by atoms with E-state index < -0.39 is 0 Å². The van der Waals surface area contributed by atoms with Crippen LogP contribution in [0.15, 0.2) is 308 Å². The van der Waals surface area contributed by atoms with E-state index in [4.69, 9.17) is 5.73 Å². The van der Waals surface area contributed by atoms with Crippen LogP contribution in [0, 0.1) is 13.8 Å². The van der Waals surface area contributed by atoms with Gasteiger partial charge in [0.25, 0.3) is 0 Å². The second kappa shape index (κ2) is 45.0. The molecule has 6 N–H and O–H groups in total. The first-order valence-corrected chi connectivity index (χ1v) is 36.6. The van der Waals surface area contributed by atoms with Crippen LogP contribution in [-0.2, 0) is 12.8 Å². The second-order valence-electron chi connectivity index (χ2n) is 22.8. The van der Waals surface area contributed by atoms with Crippen molar-refractivity contribution in [3.63, 3.8) is 0 Å². The van der Waals surface area contributed by atoms with Crippen molar-refractivity contribution in [1.82, 2.24) is 5.43 Å². The molecule has 11 aromatic rings. The number of thiophene rings is 2. The second-order valence-corrected chi connectivity index (χ2v) is 24.9. The molecule has 3 aliphatic carbocycles. The summed E-state index contributed by atoms with van der Waals surface area (Å²) in [6, 6.07) is 80.1. The molecule has 2 heterocycles. The van der Waals surface area contributed by atoms with E-state index in [0.29, 0.717) is 12.5 Å². The van der Waals surface area contributed by atoms with Gasteiger partial charge < -0.3 is 11.1 Å². The van der Waals surface area contributed by atoms with Gasteiger partial charge in [0.2, 0.25) is 0 Å². The van der Waals surface area contributed by atoms with Gasteiger partial charge in [-0.1, -0.05) is 328 Å². The van der Waals surface area contributed by atoms with E-state index in [0.717, 1.165) is 54.6 Å². The SMILES string of the molecule is C=C1/C=C\C=C/C/C(c2cccc3c2sc2ccccc23)=C\C1=C.C=NCC1=C(c2ccccc2NC)C=C(c2cccc3c4c(sc23)C=CC4)CC1.CC.CC.CC.CC(c1ccccc1)c1cccc(N)c1.CCc1ccccc1.CNN.Cc1ccccc1.Cc1ccccc1. The van der Waals surface area contributed by atoms with Crippen LogP contribution < -0.4 is 22.3 Å². The van der Waals surface area contributed by atoms with Crippen molar-refractivity contribution < 1.29 is 0 Å². The third-order valence-electron chi connectivity index (χ3n) is 16.2. The Labute approximate surface area is 602 Å². The number of nitrogens with zero attached hydrogens (tertiary/aromatic N) is 1. The molecular formula is C92H107N5S2. The Hall–Kier alpha value is -9.73. The highest BCUT2D eigenvalue weighted by molar-refractivity contribution is 7.26. The van der Waals surface area contributed by atoms with Crippen LogP contribution in [0.4, 0.5) is 11.4 Å². The molecule has 7 heteroatoms. The maximum Gasteiger partial charge on any atom is 0.0601 e.